The molecule has 1 amide bonds. The second-order valence-electron chi connectivity index (χ2n) is 4.57. The smallest absolute Gasteiger partial charge is 0.269 e. The van der Waals surface area contributed by atoms with E-state index >= 15 is 0 Å². The Hall–Kier alpha value is -2.91. The van der Waals surface area contributed by atoms with Crippen molar-refractivity contribution in [1.82, 2.24) is 4.98 Å². The van der Waals surface area contributed by atoms with Crippen molar-refractivity contribution in [3.63, 3.8) is 0 Å². The van der Waals surface area contributed by atoms with E-state index in [1.54, 1.807) is 0 Å². The number of rotatable bonds is 4. The first kappa shape index (κ1) is 16.0. The van der Waals surface area contributed by atoms with Gasteiger partial charge in [0.2, 0.25) is 9.93 Å². The number of nitro groups is 1. The number of carbonyl (C=O) groups is 1. The standard InChI is InChI=1S/C15H10N4O3S2/c20-13(10-6-8-12(9-7-10)19(21)22)17-15-18-14(23-24-15)16-11-4-2-1-3-5-11/h1-9H,(H,16,17,18,20). The van der Waals surface area contributed by atoms with Crippen molar-refractivity contribution in [2.24, 2.45) is 4.99 Å². The minimum atomic E-state index is -0.512. The summed E-state index contributed by atoms with van der Waals surface area (Å²) in [5, 5.41) is 13.7. The number of non-ortho nitro benzene ring substituents is 1. The van der Waals surface area contributed by atoms with E-state index in [4.69, 9.17) is 0 Å². The molecule has 0 spiro atoms. The molecule has 3 rings (SSSR count). The van der Waals surface area contributed by atoms with Gasteiger partial charge >= 0.3 is 0 Å². The van der Waals surface area contributed by atoms with Gasteiger partial charge in [-0.3, -0.25) is 20.2 Å². The first-order chi connectivity index (χ1) is 11.6. The summed E-state index contributed by atoms with van der Waals surface area (Å²) in [6.07, 6.45) is 0. The highest BCUT2D eigenvalue weighted by molar-refractivity contribution is 7.69. The van der Waals surface area contributed by atoms with Crippen molar-refractivity contribution in [3.8, 4) is 0 Å². The van der Waals surface area contributed by atoms with Crippen molar-refractivity contribution in [3.05, 3.63) is 75.1 Å². The quantitative estimate of drug-likeness (QED) is 0.438. The summed E-state index contributed by atoms with van der Waals surface area (Å²) in [6, 6.07) is 14.8. The second-order valence-corrected chi connectivity index (χ2v) is 6.66. The van der Waals surface area contributed by atoms with Crippen LogP contribution in [0, 0.1) is 10.1 Å². The van der Waals surface area contributed by atoms with Crippen LogP contribution in [-0.2, 0) is 0 Å². The Kier molecular flexibility index (Phi) is 4.73. The zero-order valence-electron chi connectivity index (χ0n) is 12.1. The molecule has 7 nitrogen and oxygen atoms in total. The van der Waals surface area contributed by atoms with E-state index in [1.807, 2.05) is 30.3 Å². The molecule has 0 saturated carbocycles. The maximum atomic E-state index is 12.1. The highest BCUT2D eigenvalue weighted by Crippen LogP contribution is 2.17. The summed E-state index contributed by atoms with van der Waals surface area (Å²) in [4.78, 5) is 31.4. The zero-order chi connectivity index (χ0) is 16.9. The first-order valence-corrected chi connectivity index (χ1v) is 8.89. The van der Waals surface area contributed by atoms with Crippen LogP contribution in [0.15, 0.2) is 59.6 Å². The van der Waals surface area contributed by atoms with Gasteiger partial charge in [-0.2, -0.15) is 4.98 Å². The fraction of sp³-hybridized carbons (Fsp3) is 0. The Morgan fingerprint density at radius 2 is 1.79 bits per heavy atom. The van der Waals surface area contributed by atoms with Crippen LogP contribution in [0.4, 0.5) is 16.5 Å². The molecule has 3 aromatic rings. The van der Waals surface area contributed by atoms with Crippen molar-refractivity contribution in [2.45, 2.75) is 0 Å². The van der Waals surface area contributed by atoms with E-state index in [1.165, 1.54) is 44.9 Å². The molecule has 1 aromatic heterocycles. The van der Waals surface area contributed by atoms with E-state index in [2.05, 4.69) is 15.3 Å². The van der Waals surface area contributed by atoms with Crippen LogP contribution in [0.25, 0.3) is 0 Å². The van der Waals surface area contributed by atoms with Crippen LogP contribution >= 0.6 is 20.7 Å². The van der Waals surface area contributed by atoms with Gasteiger partial charge in [0.25, 0.3) is 11.6 Å². The summed E-state index contributed by atoms with van der Waals surface area (Å²) in [5.74, 6) is -0.377. The molecule has 0 atom stereocenters. The van der Waals surface area contributed by atoms with Gasteiger partial charge in [-0.25, -0.2) is 4.99 Å². The van der Waals surface area contributed by atoms with Gasteiger partial charge in [-0.1, -0.05) is 18.2 Å². The lowest BCUT2D eigenvalue weighted by molar-refractivity contribution is -0.384. The van der Waals surface area contributed by atoms with E-state index < -0.39 is 4.92 Å². The molecule has 24 heavy (non-hydrogen) atoms. The van der Waals surface area contributed by atoms with E-state index in [0.29, 0.717) is 15.5 Å². The Morgan fingerprint density at radius 1 is 1.08 bits per heavy atom. The molecular weight excluding hydrogens is 348 g/mol. The average molecular weight is 358 g/mol. The molecule has 2 aromatic carbocycles. The molecule has 0 bridgehead atoms. The van der Waals surface area contributed by atoms with E-state index in [9.17, 15) is 14.9 Å². The lowest BCUT2D eigenvalue weighted by Crippen LogP contribution is -2.12. The molecule has 0 aliphatic rings. The number of benzene rings is 2. The summed E-state index contributed by atoms with van der Waals surface area (Å²) < 4.78 is 0. The lowest BCUT2D eigenvalue weighted by Gasteiger charge is -2.00. The Bertz CT molecular complexity index is 933. The molecule has 1 heterocycles. The van der Waals surface area contributed by atoms with Gasteiger partial charge in [-0.15, -0.1) is 0 Å². The van der Waals surface area contributed by atoms with Crippen LogP contribution in [0.5, 0.6) is 0 Å². The molecule has 9 heteroatoms. The van der Waals surface area contributed by atoms with Crippen LogP contribution in [0.1, 0.15) is 10.4 Å². The number of nitrogens with zero attached hydrogens (tertiary/aromatic N) is 3. The van der Waals surface area contributed by atoms with Crippen molar-refractivity contribution >= 4 is 43.1 Å². The molecule has 0 aliphatic heterocycles. The maximum absolute atomic E-state index is 12.1. The molecule has 0 fully saturated rings. The first-order valence-electron chi connectivity index (χ1n) is 6.74. The zero-order valence-corrected chi connectivity index (χ0v) is 13.7. The van der Waals surface area contributed by atoms with Crippen molar-refractivity contribution in [1.29, 1.82) is 0 Å². The number of para-hydroxylation sites is 1. The summed E-state index contributed by atoms with van der Waals surface area (Å²) >= 11 is 0. The van der Waals surface area contributed by atoms with Crippen LogP contribution in [0.2, 0.25) is 0 Å². The van der Waals surface area contributed by atoms with Gasteiger partial charge in [-0.05, 0) is 44.9 Å². The number of nitro benzene ring substituents is 1. The third kappa shape index (κ3) is 3.89. The Morgan fingerprint density at radius 3 is 2.46 bits per heavy atom. The van der Waals surface area contributed by atoms with Gasteiger partial charge in [0.1, 0.15) is 0 Å². The SMILES string of the molecule is O=C(Nc1nc(=Nc2ccccc2)ss1)c1ccc([N+](=O)[O-])cc1. The lowest BCUT2D eigenvalue weighted by atomic mass is 10.2. The van der Waals surface area contributed by atoms with Gasteiger partial charge in [0.05, 0.1) is 10.6 Å². The fourth-order valence-electron chi connectivity index (χ4n) is 1.81. The minimum Gasteiger partial charge on any atom is -0.297 e. The number of anilines is 1. The largest absolute Gasteiger partial charge is 0.297 e. The highest BCUT2D eigenvalue weighted by atomic mass is 32.9. The summed E-state index contributed by atoms with van der Waals surface area (Å²) in [6.45, 7) is 0. The van der Waals surface area contributed by atoms with Crippen molar-refractivity contribution < 1.29 is 9.72 Å². The number of aromatic nitrogens is 1. The van der Waals surface area contributed by atoms with Gasteiger partial charge in [0.15, 0.2) is 0 Å². The molecule has 120 valence electrons. The highest BCUT2D eigenvalue weighted by Gasteiger charge is 2.11. The van der Waals surface area contributed by atoms with E-state index in [0.717, 1.165) is 5.69 Å². The normalized spacial score (nSPS) is 11.2. The monoisotopic (exact) mass is 358 g/mol. The minimum absolute atomic E-state index is 0.0630. The molecule has 0 aliphatic carbocycles. The maximum Gasteiger partial charge on any atom is 0.269 e. The van der Waals surface area contributed by atoms with E-state index in [-0.39, 0.29) is 11.6 Å². The molecule has 0 radical (unpaired) electrons. The fourth-order valence-corrected chi connectivity index (χ4v) is 3.47. The predicted octanol–water partition coefficient (Wildman–Crippen LogP) is 3.60. The van der Waals surface area contributed by atoms with Gasteiger partial charge < -0.3 is 0 Å². The Labute approximate surface area is 143 Å². The molecule has 1 N–H and O–H groups in total. The third-order valence-electron chi connectivity index (χ3n) is 2.93. The Balaban J connectivity index is 1.73. The van der Waals surface area contributed by atoms with Crippen molar-refractivity contribution in [2.75, 3.05) is 5.32 Å². The second kappa shape index (κ2) is 7.11. The number of hydrogen-bond acceptors (Lipinski definition) is 7. The van der Waals surface area contributed by atoms with Crippen LogP contribution in [-0.4, -0.2) is 15.8 Å². The molecule has 0 saturated heterocycles. The topological polar surface area (TPSA) is 97.5 Å². The molecule has 0 unspecified atom stereocenters. The van der Waals surface area contributed by atoms with Gasteiger partial charge in [0, 0.05) is 17.7 Å². The number of amides is 1. The molecular formula is C15H10N4O3S2. The third-order valence-corrected chi connectivity index (χ3v) is 4.87. The predicted molar refractivity (Wildman–Crippen MR) is 92.7 cm³/mol. The number of hydrogen-bond donors (Lipinski definition) is 1. The van der Waals surface area contributed by atoms with Crippen LogP contribution in [0.3, 0.4) is 0 Å². The van der Waals surface area contributed by atoms with Crippen LogP contribution < -0.4 is 10.1 Å². The average Bonchev–Trinajstić information content (AvgIpc) is 3.02. The number of nitrogens with one attached hydrogen (secondary N) is 1. The summed E-state index contributed by atoms with van der Waals surface area (Å²) in [5.41, 5.74) is 1.04. The number of carbonyl (C=O) groups excluding carboxylic acids is 1. The summed E-state index contributed by atoms with van der Waals surface area (Å²) in [7, 11) is 2.64.